The summed E-state index contributed by atoms with van der Waals surface area (Å²) in [6.45, 7) is 1.68. The Morgan fingerprint density at radius 1 is 1.23 bits per heavy atom. The number of benzene rings is 2. The minimum Gasteiger partial charge on any atom is -0.442 e. The van der Waals surface area contributed by atoms with Gasteiger partial charge in [-0.25, -0.2) is 9.78 Å². The SMILES string of the molecule is CC(OC(=O)NC(Cc1ccccc1)B(O)O)c1cccc(C=C(C#N)c2cc(=O)n(C)cn2)c1. The zero-order chi connectivity index (χ0) is 25.4. The Labute approximate surface area is 203 Å². The van der Waals surface area contributed by atoms with Gasteiger partial charge in [-0.3, -0.25) is 4.79 Å². The monoisotopic (exact) mass is 472 g/mol. The number of rotatable bonds is 8. The maximum Gasteiger partial charge on any atom is 0.475 e. The first-order valence-electron chi connectivity index (χ1n) is 10.9. The molecule has 0 spiro atoms. The number of allylic oxidation sites excluding steroid dienone is 1. The highest BCUT2D eigenvalue weighted by Gasteiger charge is 2.27. The van der Waals surface area contributed by atoms with Gasteiger partial charge in [0.2, 0.25) is 0 Å². The van der Waals surface area contributed by atoms with Crippen LogP contribution in [0.1, 0.15) is 35.4 Å². The lowest BCUT2D eigenvalue weighted by Gasteiger charge is -2.20. The van der Waals surface area contributed by atoms with Crippen molar-refractivity contribution in [2.45, 2.75) is 25.4 Å². The van der Waals surface area contributed by atoms with Crippen molar-refractivity contribution < 1.29 is 19.6 Å². The van der Waals surface area contributed by atoms with Gasteiger partial charge in [0.05, 0.1) is 23.5 Å². The van der Waals surface area contributed by atoms with Crippen LogP contribution < -0.4 is 10.9 Å². The molecule has 35 heavy (non-hydrogen) atoms. The van der Waals surface area contributed by atoms with Crippen molar-refractivity contribution in [2.24, 2.45) is 7.05 Å². The summed E-state index contributed by atoms with van der Waals surface area (Å²) >= 11 is 0. The highest BCUT2D eigenvalue weighted by atomic mass is 16.6. The van der Waals surface area contributed by atoms with E-state index in [-0.39, 0.29) is 23.2 Å². The summed E-state index contributed by atoms with van der Waals surface area (Å²) < 4.78 is 6.75. The molecule has 178 valence electrons. The molecule has 0 aliphatic rings. The standard InChI is InChI=1S/C25H25BN4O5/c1-17(35-25(32)29-23(26(33)34)13-18-7-4-3-5-8-18)20-10-6-9-19(11-20)12-21(15-27)22-14-24(31)30(2)16-28-22/h3-12,14,16-17,23,33-34H,13H2,1-2H3,(H,29,32). The van der Waals surface area contributed by atoms with Gasteiger partial charge in [0, 0.05) is 13.1 Å². The van der Waals surface area contributed by atoms with Crippen molar-refractivity contribution in [1.29, 1.82) is 5.26 Å². The van der Waals surface area contributed by atoms with Gasteiger partial charge in [-0.1, -0.05) is 48.5 Å². The molecule has 0 saturated carbocycles. The van der Waals surface area contributed by atoms with E-state index in [1.807, 2.05) is 30.3 Å². The summed E-state index contributed by atoms with van der Waals surface area (Å²) in [6.07, 6.45) is 1.70. The summed E-state index contributed by atoms with van der Waals surface area (Å²) in [6, 6.07) is 19.5. The fourth-order valence-electron chi connectivity index (χ4n) is 3.35. The van der Waals surface area contributed by atoms with E-state index < -0.39 is 25.3 Å². The van der Waals surface area contributed by atoms with Crippen LogP contribution in [0.4, 0.5) is 4.79 Å². The molecule has 3 rings (SSSR count). The van der Waals surface area contributed by atoms with Gasteiger partial charge in [0.25, 0.3) is 5.56 Å². The van der Waals surface area contributed by atoms with Crippen molar-refractivity contribution in [3.05, 3.63) is 99.7 Å². The molecular formula is C25H25BN4O5. The molecule has 1 heterocycles. The van der Waals surface area contributed by atoms with E-state index in [2.05, 4.69) is 16.4 Å². The number of ether oxygens (including phenoxy) is 1. The van der Waals surface area contributed by atoms with Crippen LogP contribution in [-0.2, 0) is 18.2 Å². The van der Waals surface area contributed by atoms with Crippen LogP contribution in [0.2, 0.25) is 0 Å². The van der Waals surface area contributed by atoms with Crippen LogP contribution in [0, 0.1) is 11.3 Å². The summed E-state index contributed by atoms with van der Waals surface area (Å²) in [5.41, 5.74) is 2.34. The number of carbonyl (C=O) groups is 1. The first kappa shape index (κ1) is 25.4. The Hall–Kier alpha value is -4.20. The van der Waals surface area contributed by atoms with Crippen LogP contribution in [0.15, 0.2) is 71.8 Å². The average Bonchev–Trinajstić information content (AvgIpc) is 2.84. The molecule has 0 fully saturated rings. The minimum atomic E-state index is -1.76. The van der Waals surface area contributed by atoms with Gasteiger partial charge < -0.3 is 24.7 Å². The van der Waals surface area contributed by atoms with E-state index in [4.69, 9.17) is 4.74 Å². The molecule has 1 amide bonds. The Kier molecular flexibility index (Phi) is 8.56. The number of nitrogens with one attached hydrogen (secondary N) is 1. The quantitative estimate of drug-likeness (QED) is 0.338. The largest absolute Gasteiger partial charge is 0.475 e. The maximum atomic E-state index is 12.4. The van der Waals surface area contributed by atoms with Crippen molar-refractivity contribution in [3.8, 4) is 6.07 Å². The molecule has 2 unspecified atom stereocenters. The number of aryl methyl sites for hydroxylation is 1. The van der Waals surface area contributed by atoms with Crippen LogP contribution >= 0.6 is 0 Å². The smallest absolute Gasteiger partial charge is 0.442 e. The molecule has 2 atom stereocenters. The Morgan fingerprint density at radius 2 is 1.97 bits per heavy atom. The lowest BCUT2D eigenvalue weighted by Crippen LogP contribution is -2.48. The number of nitriles is 1. The second kappa shape index (κ2) is 11.8. The van der Waals surface area contributed by atoms with Gasteiger partial charge in [-0.15, -0.1) is 0 Å². The van der Waals surface area contributed by atoms with Crippen LogP contribution in [0.25, 0.3) is 11.6 Å². The Morgan fingerprint density at radius 3 is 2.63 bits per heavy atom. The number of amides is 1. The number of nitrogens with zero attached hydrogens (tertiary/aromatic N) is 3. The normalized spacial score (nSPS) is 12.8. The molecule has 0 bridgehead atoms. The Balaban J connectivity index is 1.70. The van der Waals surface area contributed by atoms with E-state index in [1.165, 1.54) is 17.0 Å². The molecule has 1 aromatic heterocycles. The molecule has 3 N–H and O–H groups in total. The summed E-state index contributed by atoms with van der Waals surface area (Å²) in [5, 5.41) is 31.4. The highest BCUT2D eigenvalue weighted by molar-refractivity contribution is 6.43. The lowest BCUT2D eigenvalue weighted by molar-refractivity contribution is 0.105. The number of alkyl carbamates (subject to hydrolysis) is 1. The third kappa shape index (κ3) is 7.14. The highest BCUT2D eigenvalue weighted by Crippen LogP contribution is 2.21. The molecule has 2 aromatic carbocycles. The summed E-state index contributed by atoms with van der Waals surface area (Å²) in [5.74, 6) is -0.948. The molecule has 0 radical (unpaired) electrons. The zero-order valence-corrected chi connectivity index (χ0v) is 19.3. The molecule has 0 aliphatic carbocycles. The first-order valence-corrected chi connectivity index (χ1v) is 10.9. The average molecular weight is 472 g/mol. The van der Waals surface area contributed by atoms with Crippen molar-refractivity contribution in [2.75, 3.05) is 0 Å². The fourth-order valence-corrected chi connectivity index (χ4v) is 3.35. The van der Waals surface area contributed by atoms with E-state index in [9.17, 15) is 24.9 Å². The predicted molar refractivity (Wildman–Crippen MR) is 132 cm³/mol. The van der Waals surface area contributed by atoms with Gasteiger partial charge >= 0.3 is 13.2 Å². The second-order valence-electron chi connectivity index (χ2n) is 7.96. The van der Waals surface area contributed by atoms with Gasteiger partial charge in [0.15, 0.2) is 0 Å². The van der Waals surface area contributed by atoms with Crippen LogP contribution in [0.5, 0.6) is 0 Å². The van der Waals surface area contributed by atoms with E-state index in [1.54, 1.807) is 44.3 Å². The molecule has 3 aromatic rings. The van der Waals surface area contributed by atoms with Gasteiger partial charge in [-0.05, 0) is 42.2 Å². The van der Waals surface area contributed by atoms with Crippen molar-refractivity contribution >= 4 is 24.9 Å². The van der Waals surface area contributed by atoms with Crippen molar-refractivity contribution in [3.63, 3.8) is 0 Å². The van der Waals surface area contributed by atoms with Crippen LogP contribution in [-0.4, -0.2) is 38.8 Å². The second-order valence-corrected chi connectivity index (χ2v) is 7.96. The van der Waals surface area contributed by atoms with Gasteiger partial charge in [-0.2, -0.15) is 5.26 Å². The van der Waals surface area contributed by atoms with E-state index in [0.717, 1.165) is 5.56 Å². The van der Waals surface area contributed by atoms with Crippen molar-refractivity contribution in [1.82, 2.24) is 14.9 Å². The molecule has 10 heteroatoms. The molecule has 0 aliphatic heterocycles. The van der Waals surface area contributed by atoms with Gasteiger partial charge in [0.1, 0.15) is 12.2 Å². The summed E-state index contributed by atoms with van der Waals surface area (Å²) in [4.78, 5) is 28.4. The van der Waals surface area contributed by atoms with Crippen LogP contribution in [0.3, 0.4) is 0 Å². The van der Waals surface area contributed by atoms with E-state index in [0.29, 0.717) is 11.1 Å². The third-order valence-electron chi connectivity index (χ3n) is 5.31. The number of hydrogen-bond donors (Lipinski definition) is 3. The number of hydrogen-bond acceptors (Lipinski definition) is 7. The molecule has 0 saturated heterocycles. The fraction of sp³-hybridized carbons (Fsp3) is 0.200. The lowest BCUT2D eigenvalue weighted by atomic mass is 9.76. The first-order chi connectivity index (χ1) is 16.8. The minimum absolute atomic E-state index is 0.215. The molecular weight excluding hydrogens is 447 g/mol. The topological polar surface area (TPSA) is 137 Å². The number of carbonyl (C=O) groups excluding carboxylic acids is 1. The molecule has 9 nitrogen and oxygen atoms in total. The number of aromatic nitrogens is 2. The third-order valence-corrected chi connectivity index (χ3v) is 5.31. The zero-order valence-electron chi connectivity index (χ0n) is 19.3. The summed E-state index contributed by atoms with van der Waals surface area (Å²) in [7, 11) is -0.194. The Bertz CT molecular complexity index is 1300. The van der Waals surface area contributed by atoms with E-state index >= 15 is 0 Å². The predicted octanol–water partition coefficient (Wildman–Crippen LogP) is 2.25. The maximum absolute atomic E-state index is 12.4.